The number of hydrogen-bond acceptors (Lipinski definition) is 27. The van der Waals surface area contributed by atoms with E-state index in [1.54, 1.807) is 25.2 Å². The van der Waals surface area contributed by atoms with Crippen molar-refractivity contribution in [3.05, 3.63) is 53.3 Å². The van der Waals surface area contributed by atoms with Crippen LogP contribution < -0.4 is 68.4 Å². The number of Topliss-reactive ketones (excluding diaryl/α,β-unsaturated/α-hetero) is 2. The molecule has 4 aliphatic heterocycles. The molecule has 598 valence electrons. The van der Waals surface area contributed by atoms with Crippen molar-refractivity contribution in [1.82, 2.24) is 47.9 Å². The predicted molar refractivity (Wildman–Crippen MR) is 379 cm³/mol. The fourth-order valence-electron chi connectivity index (χ4n) is 12.2. The maximum absolute atomic E-state index is 14.8. The van der Waals surface area contributed by atoms with Crippen LogP contribution in [0.5, 0.6) is 23.0 Å². The number of aromatic hydroxyl groups is 2. The standard InChI is InChI=1S/C70H101N11O27/c1-27(2)38-20-42(85)41(25-83)78-64(99)40(77-68(103)51(69(104)105)81-65(100)43(86)23-75-66(101)49(36(11)84)79-67(102)50(80-63(38)98)56(92)57(93)60(71)95)22-74-62(97)35(10)72-17-18-73-45(87)26-106-44-21-39-55(91)47-46(44)48-58(34(9)54(47)90)108-70(12,59(48)94)107-19-16-37(24-82)31(6)30(5)32(7)53(89)33(8)52(88)28(3)14-13-15-29(4)61(96)76-39/h13-16,19,21,27-28,30-33,35-38,40-41,43,49-53,56-57,72,82-84,86,88-93H,17-18,20,22-26H2,1-12H3,(H2,71,95)(H,73,87)(H,74,97)(H,75,101)(H,76,96)(H,77,103)(H,78,99)(H,79,102)(H,80,98)(H,81,100)(H,104,105)/b14-13+,19-16+,29-15-/t28-,30?,31-,32-,33+,35?,36?,37+,38?,40?,41?,43?,49?,50?,51?,52-,53-,56?,57?,70-/m0/s1. The molecule has 1 fully saturated rings. The van der Waals surface area contributed by atoms with Gasteiger partial charge in [-0.15, -0.1) is 0 Å². The number of primary amides is 1. The molecule has 10 amide bonds. The van der Waals surface area contributed by atoms with Crippen molar-refractivity contribution < 1.29 is 133 Å². The first kappa shape index (κ1) is 88.7. The van der Waals surface area contributed by atoms with Gasteiger partial charge in [0.1, 0.15) is 53.6 Å². The highest BCUT2D eigenvalue weighted by Gasteiger charge is 2.50. The van der Waals surface area contributed by atoms with Crippen LogP contribution in [-0.2, 0) is 62.3 Å². The Hall–Kier alpha value is -9.93. The second-order valence-corrected chi connectivity index (χ2v) is 27.8. The van der Waals surface area contributed by atoms with E-state index in [1.165, 1.54) is 66.0 Å². The highest BCUT2D eigenvalue weighted by Crippen LogP contribution is 2.54. The number of hydrogen-bond donors (Lipinski definition) is 22. The molecule has 5 bridgehead atoms. The predicted octanol–water partition coefficient (Wildman–Crippen LogP) is -5.25. The highest BCUT2D eigenvalue weighted by atomic mass is 16.7. The molecular weight excluding hydrogens is 1430 g/mol. The number of β-amino-alcohol motifs (C(OH)–C–C–N with tert-alkyl or cyclic N) is 1. The first-order valence-corrected chi connectivity index (χ1v) is 34.8. The van der Waals surface area contributed by atoms with E-state index in [9.17, 15) is 119 Å². The number of aliphatic hydroxyl groups excluding tert-OH is 8. The molecule has 2 aromatic rings. The topological polar surface area (TPSA) is 618 Å². The van der Waals surface area contributed by atoms with Crippen LogP contribution >= 0.6 is 0 Å². The normalized spacial score (nSPS) is 30.1. The number of fused-ring (bicyclic) bond motifs is 14. The van der Waals surface area contributed by atoms with Crippen molar-refractivity contribution in [3.63, 3.8) is 0 Å². The summed E-state index contributed by atoms with van der Waals surface area (Å²) < 4.78 is 18.2. The number of carbonyl (C=O) groups excluding carboxylic acids is 12. The van der Waals surface area contributed by atoms with Crippen LogP contribution in [0, 0.1) is 54.3 Å². The number of benzene rings is 2. The van der Waals surface area contributed by atoms with Gasteiger partial charge in [0.25, 0.3) is 29.4 Å². The van der Waals surface area contributed by atoms with Gasteiger partial charge >= 0.3 is 11.8 Å². The molecule has 0 aromatic heterocycles. The van der Waals surface area contributed by atoms with Crippen molar-refractivity contribution in [2.75, 3.05) is 51.3 Å². The van der Waals surface area contributed by atoms with Crippen LogP contribution in [0.1, 0.15) is 98.5 Å². The second kappa shape index (κ2) is 38.7. The number of carbonyl (C=O) groups is 13. The molecule has 6 rings (SSSR count). The lowest BCUT2D eigenvalue weighted by Gasteiger charge is -2.37. The SMILES string of the molecule is C/C1=C/C=C/[C@H](C)[C@H](O)[C@@H](C)[C@@H](O)[C@@H](C)C(C)[C@H](C)[C@@H](CO)/C=C/O[C@@]2(C)Oc3c(C)c(O)c4c(O)c(cc(OCC(=O)NCCNC(C)C(=O)NCC5NC(=O)C(C(=O)O)NC(=O)C(O)CNC(=O)C(C(C)O)NC(=O)C(C(O)C(O)C(N)=O)NC(=O)C(C(C)C)CC(=O)C(CO)NC5=O)c4c3C2=O)NC1=O. The summed E-state index contributed by atoms with van der Waals surface area (Å²) in [5, 5.41) is 142. The van der Waals surface area contributed by atoms with E-state index in [1.807, 2.05) is 36.7 Å². The molecule has 23 N–H and O–H groups in total. The quantitative estimate of drug-likeness (QED) is 0.0377. The number of ketones is 2. The van der Waals surface area contributed by atoms with Crippen LogP contribution in [0.3, 0.4) is 0 Å². The molecule has 0 saturated carbocycles. The summed E-state index contributed by atoms with van der Waals surface area (Å²) in [5.41, 5.74) is 4.51. The van der Waals surface area contributed by atoms with E-state index in [0.29, 0.717) is 0 Å². The lowest BCUT2D eigenvalue weighted by atomic mass is 9.72. The number of ether oxygens (including phenoxy) is 3. The summed E-state index contributed by atoms with van der Waals surface area (Å²) in [6.45, 7) is 13.2. The van der Waals surface area contributed by atoms with E-state index in [0.717, 1.165) is 13.0 Å². The van der Waals surface area contributed by atoms with Crippen LogP contribution in [0.2, 0.25) is 0 Å². The van der Waals surface area contributed by atoms with Crippen molar-refractivity contribution >= 4 is 93.1 Å². The van der Waals surface area contributed by atoms with Gasteiger partial charge in [-0.05, 0) is 57.4 Å². The zero-order chi connectivity index (χ0) is 81.4. The molecule has 38 nitrogen and oxygen atoms in total. The fraction of sp³-hybridized carbons (Fsp3) is 0.586. The fourth-order valence-corrected chi connectivity index (χ4v) is 12.2. The Bertz CT molecular complexity index is 3810. The van der Waals surface area contributed by atoms with Crippen LogP contribution in [0.25, 0.3) is 10.8 Å². The van der Waals surface area contributed by atoms with Crippen molar-refractivity contribution in [1.29, 1.82) is 0 Å². The van der Waals surface area contributed by atoms with Gasteiger partial charge in [0.2, 0.25) is 41.5 Å². The first-order valence-electron chi connectivity index (χ1n) is 34.8. The van der Waals surface area contributed by atoms with E-state index >= 15 is 0 Å². The van der Waals surface area contributed by atoms with Gasteiger partial charge in [-0.25, -0.2) is 4.79 Å². The lowest BCUT2D eigenvalue weighted by Crippen LogP contribution is -2.64. The number of anilines is 1. The maximum atomic E-state index is 14.8. The number of aliphatic hydroxyl groups is 8. The molecular formula is C70H101N11O27. The van der Waals surface area contributed by atoms with E-state index in [-0.39, 0.29) is 70.8 Å². The minimum atomic E-state index is -2.67. The minimum Gasteiger partial charge on any atom is -0.507 e. The Morgan fingerprint density at radius 1 is 0.722 bits per heavy atom. The minimum absolute atomic E-state index is 0.0620. The lowest BCUT2D eigenvalue weighted by molar-refractivity contribution is -0.148. The van der Waals surface area contributed by atoms with E-state index in [2.05, 4.69) is 31.9 Å². The van der Waals surface area contributed by atoms with Gasteiger partial charge < -0.3 is 129 Å². The van der Waals surface area contributed by atoms with Gasteiger partial charge in [0, 0.05) is 85.8 Å². The molecule has 0 aliphatic carbocycles. The molecule has 38 heteroatoms. The van der Waals surface area contributed by atoms with E-state index in [4.69, 9.17) is 19.9 Å². The Balaban J connectivity index is 1.39. The number of carboxylic acid groups (broad SMARTS) is 1. The smallest absolute Gasteiger partial charge is 0.336 e. The number of phenols is 2. The number of phenolic OH excluding ortho intramolecular Hbond substituents is 2. The Kier molecular flexibility index (Phi) is 31.8. The number of allylic oxidation sites excluding steroid dienone is 2. The number of aliphatic carboxylic acids is 1. The maximum Gasteiger partial charge on any atom is 0.336 e. The Labute approximate surface area is 620 Å². The molecule has 2 aromatic carbocycles. The van der Waals surface area contributed by atoms with Gasteiger partial charge in [0.05, 0.1) is 60.4 Å². The summed E-state index contributed by atoms with van der Waals surface area (Å²) in [4.78, 5) is 176. The molecule has 20 atom stereocenters. The molecule has 4 aliphatic rings. The average Bonchev–Trinajstić information content (AvgIpc) is 1.52. The van der Waals surface area contributed by atoms with E-state index < -0.39 is 240 Å². The Morgan fingerprint density at radius 3 is 1.96 bits per heavy atom. The third kappa shape index (κ3) is 21.7. The number of carboxylic acids is 1. The van der Waals surface area contributed by atoms with Crippen LogP contribution in [0.15, 0.2) is 42.2 Å². The van der Waals surface area contributed by atoms with Gasteiger partial charge in [-0.2, -0.15) is 0 Å². The average molecular weight is 1530 g/mol. The second-order valence-electron chi connectivity index (χ2n) is 27.8. The number of nitrogens with one attached hydrogen (secondary N) is 10. The van der Waals surface area contributed by atoms with Crippen molar-refractivity contribution in [2.45, 2.75) is 168 Å². The monoisotopic (exact) mass is 1530 g/mol. The van der Waals surface area contributed by atoms with Crippen molar-refractivity contribution in [3.8, 4) is 23.0 Å². The molecule has 4 heterocycles. The molecule has 12 unspecified atom stereocenters. The first-order chi connectivity index (χ1) is 50.5. The number of rotatable bonds is 18. The third-order valence-electron chi connectivity index (χ3n) is 19.7. The van der Waals surface area contributed by atoms with Crippen LogP contribution in [0.4, 0.5) is 5.69 Å². The molecule has 0 radical (unpaired) electrons. The van der Waals surface area contributed by atoms with Gasteiger partial charge in [-0.3, -0.25) is 57.5 Å². The zero-order valence-corrected chi connectivity index (χ0v) is 61.7. The van der Waals surface area contributed by atoms with Crippen molar-refractivity contribution in [2.24, 2.45) is 53.1 Å². The summed E-state index contributed by atoms with van der Waals surface area (Å²) >= 11 is 0. The highest BCUT2D eigenvalue weighted by molar-refractivity contribution is 6.22. The Morgan fingerprint density at radius 2 is 1.36 bits per heavy atom. The summed E-state index contributed by atoms with van der Waals surface area (Å²) in [6.07, 6.45) is -5.08. The summed E-state index contributed by atoms with van der Waals surface area (Å²) in [5.74, 6) is -26.5. The largest absolute Gasteiger partial charge is 0.507 e. The molecule has 0 spiro atoms. The molecule has 1 saturated heterocycles. The van der Waals surface area contributed by atoms with Gasteiger partial charge in [-0.1, -0.05) is 66.7 Å². The summed E-state index contributed by atoms with van der Waals surface area (Å²) in [7, 11) is 0. The third-order valence-corrected chi connectivity index (χ3v) is 19.7. The molecule has 108 heavy (non-hydrogen) atoms. The number of amides is 10. The summed E-state index contributed by atoms with van der Waals surface area (Å²) in [6, 6.07) is -11.4. The zero-order valence-electron chi connectivity index (χ0n) is 61.7. The van der Waals surface area contributed by atoms with Gasteiger partial charge in [0.15, 0.2) is 24.2 Å². The number of nitrogens with two attached hydrogens (primary N) is 1. The van der Waals surface area contributed by atoms with Crippen LogP contribution in [-0.4, -0.2) is 257 Å².